The summed E-state index contributed by atoms with van der Waals surface area (Å²) in [5.74, 6) is 0. The molecule has 0 aliphatic heterocycles. The Morgan fingerprint density at radius 1 is 1.73 bits per heavy atom. The van der Waals surface area contributed by atoms with Crippen molar-refractivity contribution in [2.24, 2.45) is 5.14 Å². The minimum Gasteiger partial charge on any atom is -0.429 e. The van der Waals surface area contributed by atoms with Crippen molar-refractivity contribution in [1.29, 1.82) is 5.26 Å². The normalized spacial score (nSPS) is 10.9. The van der Waals surface area contributed by atoms with E-state index in [2.05, 4.69) is 14.5 Å². The molecule has 11 heavy (non-hydrogen) atoms. The van der Waals surface area contributed by atoms with Gasteiger partial charge < -0.3 is 4.42 Å². The molecule has 0 spiro atoms. The monoisotopic (exact) mass is 173 g/mol. The summed E-state index contributed by atoms with van der Waals surface area (Å²) in [6.07, 6.45) is 0.846. The van der Waals surface area contributed by atoms with Crippen LogP contribution < -0.4 is 5.14 Å². The first-order chi connectivity index (χ1) is 5.05. The number of rotatable bonds is 1. The summed E-state index contributed by atoms with van der Waals surface area (Å²) in [5, 5.41) is 12.3. The summed E-state index contributed by atoms with van der Waals surface area (Å²) in [6.45, 7) is 0. The summed E-state index contributed by atoms with van der Waals surface area (Å²) >= 11 is 0. The molecule has 0 bridgehead atoms. The largest absolute Gasteiger partial charge is 0.429 e. The van der Waals surface area contributed by atoms with Crippen LogP contribution in [0.5, 0.6) is 0 Å². The van der Waals surface area contributed by atoms with E-state index >= 15 is 0 Å². The Balaban J connectivity index is 3.39. The lowest BCUT2D eigenvalue weighted by Gasteiger charge is -1.87. The fourth-order valence-corrected chi connectivity index (χ4v) is 1.06. The molecule has 0 amide bonds. The predicted octanol–water partition coefficient (Wildman–Crippen LogP) is -0.806. The molecular formula is C4H3N3O3S. The van der Waals surface area contributed by atoms with Crippen LogP contribution in [-0.2, 0) is 10.0 Å². The maximum atomic E-state index is 10.6. The SMILES string of the molecule is N#Cc1ncoc1S(N)(=O)=O. The molecule has 7 heteroatoms. The number of nitrogens with two attached hydrogens (primary N) is 1. The van der Waals surface area contributed by atoms with E-state index in [1.807, 2.05) is 0 Å². The van der Waals surface area contributed by atoms with Crippen LogP contribution in [0, 0.1) is 11.3 Å². The summed E-state index contributed by atoms with van der Waals surface area (Å²) in [4.78, 5) is 3.31. The van der Waals surface area contributed by atoms with E-state index in [-0.39, 0.29) is 5.69 Å². The first kappa shape index (κ1) is 7.71. The predicted molar refractivity (Wildman–Crippen MR) is 32.6 cm³/mol. The van der Waals surface area contributed by atoms with Crippen molar-refractivity contribution < 1.29 is 12.8 Å². The molecule has 0 unspecified atom stereocenters. The highest BCUT2D eigenvalue weighted by Crippen LogP contribution is 2.09. The number of hydrogen-bond donors (Lipinski definition) is 1. The maximum Gasteiger partial charge on any atom is 0.274 e. The summed E-state index contributed by atoms with van der Waals surface area (Å²) in [5.41, 5.74) is -0.326. The summed E-state index contributed by atoms with van der Waals surface area (Å²) in [7, 11) is -3.95. The average Bonchev–Trinajstić information content (AvgIpc) is 2.31. The first-order valence-electron chi connectivity index (χ1n) is 2.42. The van der Waals surface area contributed by atoms with Gasteiger partial charge in [-0.1, -0.05) is 0 Å². The zero-order valence-corrected chi connectivity index (χ0v) is 6.00. The van der Waals surface area contributed by atoms with Gasteiger partial charge in [-0.25, -0.2) is 18.5 Å². The van der Waals surface area contributed by atoms with Gasteiger partial charge in [0.1, 0.15) is 6.07 Å². The standard InChI is InChI=1S/C4H3N3O3S/c5-1-3-4(10-2-7-3)11(6,8)9/h2H,(H2,6,8,9). The molecule has 0 saturated carbocycles. The third-order valence-corrected chi connectivity index (χ3v) is 1.71. The maximum absolute atomic E-state index is 10.6. The molecule has 58 valence electrons. The molecule has 0 aromatic carbocycles. The minimum atomic E-state index is -3.95. The van der Waals surface area contributed by atoms with Crippen molar-refractivity contribution >= 4 is 10.0 Å². The number of nitrogens with zero attached hydrogens (tertiary/aromatic N) is 2. The van der Waals surface area contributed by atoms with E-state index in [9.17, 15) is 8.42 Å². The molecular weight excluding hydrogens is 170 g/mol. The second-order valence-electron chi connectivity index (χ2n) is 1.65. The van der Waals surface area contributed by atoms with Gasteiger partial charge >= 0.3 is 0 Å². The Kier molecular flexibility index (Phi) is 1.64. The van der Waals surface area contributed by atoms with Crippen molar-refractivity contribution in [1.82, 2.24) is 4.98 Å². The number of primary sulfonamides is 1. The lowest BCUT2D eigenvalue weighted by Crippen LogP contribution is -2.12. The van der Waals surface area contributed by atoms with Crippen LogP contribution in [-0.4, -0.2) is 13.4 Å². The summed E-state index contributed by atoms with van der Waals surface area (Å²) in [6, 6.07) is 1.52. The second-order valence-corrected chi connectivity index (χ2v) is 3.11. The third-order valence-electron chi connectivity index (χ3n) is 0.899. The summed E-state index contributed by atoms with van der Waals surface area (Å²) < 4.78 is 25.5. The smallest absolute Gasteiger partial charge is 0.274 e. The Morgan fingerprint density at radius 2 is 2.36 bits per heavy atom. The van der Waals surface area contributed by atoms with Crippen LogP contribution in [0.15, 0.2) is 15.9 Å². The van der Waals surface area contributed by atoms with Crippen LogP contribution in [0.4, 0.5) is 0 Å². The minimum absolute atomic E-state index is 0.326. The van der Waals surface area contributed by atoms with E-state index in [4.69, 9.17) is 5.26 Å². The quantitative estimate of drug-likeness (QED) is 0.597. The van der Waals surface area contributed by atoms with Gasteiger partial charge in [0.15, 0.2) is 12.1 Å². The molecule has 0 fully saturated rings. The Labute approximate surface area is 62.3 Å². The highest BCUT2D eigenvalue weighted by atomic mass is 32.2. The van der Waals surface area contributed by atoms with E-state index in [0.717, 1.165) is 6.39 Å². The lowest BCUT2D eigenvalue weighted by molar-refractivity contribution is 0.446. The van der Waals surface area contributed by atoms with E-state index < -0.39 is 15.1 Å². The van der Waals surface area contributed by atoms with Crippen molar-refractivity contribution in [2.75, 3.05) is 0 Å². The van der Waals surface area contributed by atoms with Gasteiger partial charge in [0.2, 0.25) is 0 Å². The zero-order chi connectivity index (χ0) is 8.48. The number of hydrogen-bond acceptors (Lipinski definition) is 5. The zero-order valence-electron chi connectivity index (χ0n) is 5.18. The molecule has 0 radical (unpaired) electrons. The highest BCUT2D eigenvalue weighted by molar-refractivity contribution is 7.89. The molecule has 0 aliphatic rings. The highest BCUT2D eigenvalue weighted by Gasteiger charge is 2.18. The van der Waals surface area contributed by atoms with E-state index in [1.54, 1.807) is 0 Å². The third kappa shape index (κ3) is 1.36. The van der Waals surface area contributed by atoms with Gasteiger partial charge in [0, 0.05) is 0 Å². The van der Waals surface area contributed by atoms with Crippen LogP contribution >= 0.6 is 0 Å². The van der Waals surface area contributed by atoms with Gasteiger partial charge in [0.05, 0.1) is 0 Å². The number of sulfonamides is 1. The lowest BCUT2D eigenvalue weighted by atomic mass is 10.6. The van der Waals surface area contributed by atoms with Crippen LogP contribution in [0.2, 0.25) is 0 Å². The Morgan fingerprint density at radius 3 is 2.73 bits per heavy atom. The number of oxazole rings is 1. The van der Waals surface area contributed by atoms with Gasteiger partial charge in [0.25, 0.3) is 15.1 Å². The molecule has 2 N–H and O–H groups in total. The van der Waals surface area contributed by atoms with Gasteiger partial charge in [-0.2, -0.15) is 5.26 Å². The Hall–Kier alpha value is -1.39. The van der Waals surface area contributed by atoms with Crippen LogP contribution in [0.1, 0.15) is 5.69 Å². The fraction of sp³-hybridized carbons (Fsp3) is 0. The van der Waals surface area contributed by atoms with E-state index in [1.165, 1.54) is 6.07 Å². The van der Waals surface area contributed by atoms with Crippen LogP contribution in [0.25, 0.3) is 0 Å². The fourth-order valence-electron chi connectivity index (χ4n) is 0.512. The number of nitriles is 1. The van der Waals surface area contributed by atoms with Gasteiger partial charge in [-0.15, -0.1) is 0 Å². The average molecular weight is 173 g/mol. The van der Waals surface area contributed by atoms with Gasteiger partial charge in [-0.05, 0) is 0 Å². The van der Waals surface area contributed by atoms with Crippen LogP contribution in [0.3, 0.4) is 0 Å². The molecule has 1 aromatic rings. The topological polar surface area (TPSA) is 110 Å². The first-order valence-corrected chi connectivity index (χ1v) is 3.96. The Bertz CT molecular complexity index is 398. The van der Waals surface area contributed by atoms with Crippen molar-refractivity contribution in [3.63, 3.8) is 0 Å². The van der Waals surface area contributed by atoms with Crippen molar-refractivity contribution in [2.45, 2.75) is 5.09 Å². The van der Waals surface area contributed by atoms with Crippen molar-refractivity contribution in [3.8, 4) is 6.07 Å². The molecule has 0 atom stereocenters. The molecule has 0 aliphatic carbocycles. The number of aromatic nitrogens is 1. The second kappa shape index (κ2) is 2.34. The molecule has 6 nitrogen and oxygen atoms in total. The van der Waals surface area contributed by atoms with E-state index in [0.29, 0.717) is 0 Å². The molecule has 1 rings (SSSR count). The molecule has 1 aromatic heterocycles. The molecule has 0 saturated heterocycles. The van der Waals surface area contributed by atoms with Gasteiger partial charge in [-0.3, -0.25) is 0 Å². The molecule has 1 heterocycles. The van der Waals surface area contributed by atoms with Crippen molar-refractivity contribution in [3.05, 3.63) is 12.1 Å².